The molecule has 0 saturated heterocycles. The van der Waals surface area contributed by atoms with Gasteiger partial charge in [0.2, 0.25) is 11.6 Å². The first-order chi connectivity index (χ1) is 36.3. The zero-order valence-corrected chi connectivity index (χ0v) is 39.2. The van der Waals surface area contributed by atoms with Crippen LogP contribution in [0.4, 0.5) is 0 Å². The molecule has 340 valence electrons. The lowest BCUT2D eigenvalue weighted by Gasteiger charge is -2.14. The highest BCUT2D eigenvalue weighted by atomic mass is 15.3. The van der Waals surface area contributed by atoms with Crippen molar-refractivity contribution in [3.63, 3.8) is 0 Å². The summed E-state index contributed by atoms with van der Waals surface area (Å²) in [6.45, 7) is 0. The van der Waals surface area contributed by atoms with Crippen LogP contribution in [0.5, 0.6) is 0 Å². The van der Waals surface area contributed by atoms with E-state index in [1.165, 1.54) is 16.2 Å². The van der Waals surface area contributed by atoms with Crippen molar-refractivity contribution in [2.24, 2.45) is 0 Å². The van der Waals surface area contributed by atoms with Crippen molar-refractivity contribution in [3.05, 3.63) is 243 Å². The molecule has 0 unspecified atom stereocenters. The molecule has 0 amide bonds. The van der Waals surface area contributed by atoms with Crippen molar-refractivity contribution < 1.29 is 0 Å². The van der Waals surface area contributed by atoms with Gasteiger partial charge in [0, 0.05) is 60.0 Å². The summed E-state index contributed by atoms with van der Waals surface area (Å²) >= 11 is 0. The molecule has 8 heteroatoms. The van der Waals surface area contributed by atoms with E-state index in [1.807, 2.05) is 6.07 Å². The molecule has 0 radical (unpaired) electrons. The second-order valence-corrected chi connectivity index (χ2v) is 18.8. The lowest BCUT2D eigenvalue weighted by molar-refractivity contribution is 0.944. The zero-order valence-electron chi connectivity index (χ0n) is 39.2. The molecule has 0 aliphatic carbocycles. The van der Waals surface area contributed by atoms with Crippen LogP contribution in [0.15, 0.2) is 243 Å². The van der Waals surface area contributed by atoms with Crippen LogP contribution in [0.1, 0.15) is 0 Å². The number of hydrogen-bond acceptors (Lipinski definition) is 3. The number of imidazole rings is 1. The molecule has 73 heavy (non-hydrogen) atoms. The van der Waals surface area contributed by atoms with Crippen LogP contribution in [-0.4, -0.2) is 37.8 Å². The van der Waals surface area contributed by atoms with E-state index in [4.69, 9.17) is 15.0 Å². The molecule has 10 aromatic carbocycles. The quantitative estimate of drug-likeness (QED) is 0.167. The van der Waals surface area contributed by atoms with Gasteiger partial charge in [-0.1, -0.05) is 164 Å². The number of fused-ring (bicyclic) bond motifs is 14. The summed E-state index contributed by atoms with van der Waals surface area (Å²) in [5.41, 5.74) is 14.8. The van der Waals surface area contributed by atoms with E-state index < -0.39 is 0 Å². The molecule has 0 N–H and O–H groups in total. The summed E-state index contributed by atoms with van der Waals surface area (Å²) in [7, 11) is 0. The minimum Gasteiger partial charge on any atom is -0.309 e. The number of rotatable bonds is 6. The molecule has 16 aromatic rings. The fraction of sp³-hybridized carbons (Fsp3) is 0. The van der Waals surface area contributed by atoms with Gasteiger partial charge in [0.1, 0.15) is 5.69 Å². The summed E-state index contributed by atoms with van der Waals surface area (Å²) in [6, 6.07) is 86.4. The summed E-state index contributed by atoms with van der Waals surface area (Å²) in [6.07, 6.45) is 0. The first kappa shape index (κ1) is 39.8. The summed E-state index contributed by atoms with van der Waals surface area (Å²) < 4.78 is 11.6. The molecule has 16 rings (SSSR count). The van der Waals surface area contributed by atoms with Crippen molar-refractivity contribution in [1.29, 1.82) is 0 Å². The highest BCUT2D eigenvalue weighted by molar-refractivity contribution is 6.26. The molecule has 0 atom stereocenters. The van der Waals surface area contributed by atoms with Crippen molar-refractivity contribution in [1.82, 2.24) is 37.8 Å². The Balaban J connectivity index is 1.04. The van der Waals surface area contributed by atoms with E-state index in [0.29, 0.717) is 23.1 Å². The van der Waals surface area contributed by atoms with E-state index in [2.05, 4.69) is 259 Å². The fourth-order valence-electron chi connectivity index (χ4n) is 11.9. The van der Waals surface area contributed by atoms with Crippen molar-refractivity contribution >= 4 is 98.5 Å². The van der Waals surface area contributed by atoms with Gasteiger partial charge in [-0.2, -0.15) is 4.98 Å². The first-order valence-electron chi connectivity index (χ1n) is 24.7. The number of para-hydroxylation sites is 7. The van der Waals surface area contributed by atoms with E-state index in [0.717, 1.165) is 99.4 Å². The second kappa shape index (κ2) is 15.2. The summed E-state index contributed by atoms with van der Waals surface area (Å²) in [5.74, 6) is 1.42. The minimum absolute atomic E-state index is 0.543. The molecule has 0 bridgehead atoms. The third-order valence-corrected chi connectivity index (χ3v) is 14.9. The molecule has 0 fully saturated rings. The predicted octanol–water partition coefficient (Wildman–Crippen LogP) is 15.9. The summed E-state index contributed by atoms with van der Waals surface area (Å²) in [5, 5.41) is 9.29. The minimum atomic E-state index is 0.543. The third kappa shape index (κ3) is 5.63. The zero-order chi connectivity index (χ0) is 47.7. The monoisotopic (exact) mass is 932 g/mol. The molecule has 6 heterocycles. The molecule has 0 aliphatic heterocycles. The Labute approximate surface area is 417 Å². The van der Waals surface area contributed by atoms with Gasteiger partial charge < -0.3 is 9.13 Å². The van der Waals surface area contributed by atoms with Crippen LogP contribution < -0.4 is 0 Å². The third-order valence-electron chi connectivity index (χ3n) is 14.9. The molecule has 0 saturated carbocycles. The van der Waals surface area contributed by atoms with Crippen LogP contribution in [-0.2, 0) is 0 Å². The van der Waals surface area contributed by atoms with Gasteiger partial charge in [-0.15, -0.1) is 0 Å². The Morgan fingerprint density at radius 2 is 0.726 bits per heavy atom. The average molecular weight is 933 g/mol. The van der Waals surface area contributed by atoms with E-state index >= 15 is 0 Å². The van der Waals surface area contributed by atoms with E-state index in [-0.39, 0.29) is 0 Å². The summed E-state index contributed by atoms with van der Waals surface area (Å²) in [4.78, 5) is 17.1. The Kier molecular flexibility index (Phi) is 8.29. The maximum Gasteiger partial charge on any atom is 0.223 e. The van der Waals surface area contributed by atoms with E-state index in [1.54, 1.807) is 0 Å². The normalized spacial score (nSPS) is 12.1. The molecule has 0 aliphatic rings. The molecular weight excluding hydrogens is 893 g/mol. The molecular formula is C65H40N8. The van der Waals surface area contributed by atoms with Crippen LogP contribution in [0.3, 0.4) is 0 Å². The lowest BCUT2D eigenvalue weighted by atomic mass is 10.1. The van der Waals surface area contributed by atoms with Crippen LogP contribution in [0.2, 0.25) is 0 Å². The van der Waals surface area contributed by atoms with Crippen LogP contribution in [0, 0.1) is 0 Å². The van der Waals surface area contributed by atoms with Crippen LogP contribution in [0.25, 0.3) is 139 Å². The van der Waals surface area contributed by atoms with Crippen molar-refractivity contribution in [2.75, 3.05) is 0 Å². The second-order valence-electron chi connectivity index (χ2n) is 18.8. The SMILES string of the molecule is c1ccc(-c2nc3nc(-n4c5ccccc5c5cc6c(cc54)c4ccccc4n6-c4ccccc4)n(-c4ccccc4)c3nc2-n2c3ccccc3c3c2ccc2c4ccccc4n(-c4ccccc4)c23)cc1. The van der Waals surface area contributed by atoms with Gasteiger partial charge in [0.05, 0.1) is 49.8 Å². The highest BCUT2D eigenvalue weighted by Gasteiger charge is 2.28. The van der Waals surface area contributed by atoms with E-state index in [9.17, 15) is 0 Å². The topological polar surface area (TPSA) is 63.3 Å². The number of nitrogens with zero attached hydrogens (tertiary/aromatic N) is 8. The number of aromatic nitrogens is 8. The van der Waals surface area contributed by atoms with Gasteiger partial charge in [-0.25, -0.2) is 9.97 Å². The largest absolute Gasteiger partial charge is 0.309 e. The Bertz CT molecular complexity index is 4890. The van der Waals surface area contributed by atoms with Gasteiger partial charge in [-0.05, 0) is 78.9 Å². The number of benzene rings is 10. The number of hydrogen-bond donors (Lipinski definition) is 0. The Morgan fingerprint density at radius 3 is 1.33 bits per heavy atom. The smallest absolute Gasteiger partial charge is 0.223 e. The average Bonchev–Trinajstić information content (AvgIpc) is 4.26. The fourth-order valence-corrected chi connectivity index (χ4v) is 11.9. The van der Waals surface area contributed by atoms with Crippen LogP contribution >= 0.6 is 0 Å². The standard InChI is InChI=1S/C65H40N8/c1-5-21-41(22-6-1)60-63(72-55-36-20-16-32-49(55)59-56(72)38-37-48-45-29-13-18-34-53(45)70(61(48)59)43-25-9-3-10-26-43)68-64-62(66-60)67-65(71(64)44-27-11-4-12-28-44)73-54-35-19-15-31-47(54)51-39-57-50(40-58(51)73)46-30-14-17-33-52(46)69(57)42-23-7-2-8-24-42/h1-40H. The van der Waals surface area contributed by atoms with Gasteiger partial charge in [-0.3, -0.25) is 13.7 Å². The lowest BCUT2D eigenvalue weighted by Crippen LogP contribution is -2.07. The predicted molar refractivity (Wildman–Crippen MR) is 299 cm³/mol. The van der Waals surface area contributed by atoms with Gasteiger partial charge in [0.25, 0.3) is 0 Å². The van der Waals surface area contributed by atoms with Crippen molar-refractivity contribution in [2.45, 2.75) is 0 Å². The highest BCUT2D eigenvalue weighted by Crippen LogP contribution is 2.44. The molecule has 8 nitrogen and oxygen atoms in total. The molecule has 0 spiro atoms. The molecule has 6 aromatic heterocycles. The Hall–Kier alpha value is -10.1. The maximum atomic E-state index is 5.87. The van der Waals surface area contributed by atoms with Crippen molar-refractivity contribution in [3.8, 4) is 40.1 Å². The Morgan fingerprint density at radius 1 is 0.274 bits per heavy atom. The van der Waals surface area contributed by atoms with Gasteiger partial charge in [0.15, 0.2) is 11.5 Å². The maximum absolute atomic E-state index is 5.87. The first-order valence-corrected chi connectivity index (χ1v) is 24.7. The van der Waals surface area contributed by atoms with Gasteiger partial charge >= 0.3 is 0 Å².